The second-order valence-corrected chi connectivity index (χ2v) is 5.84. The van der Waals surface area contributed by atoms with Gasteiger partial charge in [-0.1, -0.05) is 29.4 Å². The van der Waals surface area contributed by atoms with E-state index in [9.17, 15) is 9.59 Å². The lowest BCUT2D eigenvalue weighted by Crippen LogP contribution is -1.93. The number of Topliss-reactive ketones (excluding diaryl/α,β-unsaturated/α-hetero) is 1. The van der Waals surface area contributed by atoms with Crippen LogP contribution in [-0.2, 0) is 16.0 Å². The van der Waals surface area contributed by atoms with E-state index >= 15 is 0 Å². The van der Waals surface area contributed by atoms with E-state index in [2.05, 4.69) is 19.9 Å². The fraction of sp³-hybridized carbons (Fsp3) is 0.400. The number of hydrogen-bond acceptors (Lipinski definition) is 3. The Morgan fingerprint density at radius 1 is 1.04 bits per heavy atom. The maximum Gasteiger partial charge on any atom is 0.142 e. The summed E-state index contributed by atoms with van der Waals surface area (Å²) in [6.07, 6.45) is 8.02. The highest BCUT2D eigenvalue weighted by molar-refractivity contribution is 5.75. The Balaban J connectivity index is 0.000000423. The molecule has 3 nitrogen and oxygen atoms in total. The zero-order valence-electron chi connectivity index (χ0n) is 14.6. The van der Waals surface area contributed by atoms with Gasteiger partial charge in [-0.3, -0.25) is 4.79 Å². The lowest BCUT2D eigenvalue weighted by atomic mass is 10.1. The summed E-state index contributed by atoms with van der Waals surface area (Å²) in [6.45, 7) is 7.73. The van der Waals surface area contributed by atoms with Crippen molar-refractivity contribution in [2.75, 3.05) is 0 Å². The molecule has 0 unspecified atom stereocenters. The standard InChI is InChI=1S/C10H12O2.C10H16O/c1-8(11)2-3-9-4-6-10(12)7-5-9;1-9(2)5-4-6-10(3)7-8-11/h4-7,12H,2-3H2,1H3;5,7-8H,4,6H2,1-3H3/b;10-7+. The Bertz CT molecular complexity index is 533. The molecule has 3 heteroatoms. The molecule has 0 atom stereocenters. The molecule has 0 fully saturated rings. The van der Waals surface area contributed by atoms with Crippen molar-refractivity contribution in [2.24, 2.45) is 0 Å². The topological polar surface area (TPSA) is 54.4 Å². The second-order valence-electron chi connectivity index (χ2n) is 5.84. The maximum absolute atomic E-state index is 10.6. The van der Waals surface area contributed by atoms with Gasteiger partial charge in [0.15, 0.2) is 0 Å². The van der Waals surface area contributed by atoms with Crippen molar-refractivity contribution in [1.82, 2.24) is 0 Å². The largest absolute Gasteiger partial charge is 0.508 e. The van der Waals surface area contributed by atoms with Gasteiger partial charge < -0.3 is 9.90 Å². The predicted molar refractivity (Wildman–Crippen MR) is 95.6 cm³/mol. The van der Waals surface area contributed by atoms with Crippen LogP contribution in [0.4, 0.5) is 0 Å². The molecule has 0 aliphatic carbocycles. The van der Waals surface area contributed by atoms with Crippen molar-refractivity contribution in [2.45, 2.75) is 53.4 Å². The number of allylic oxidation sites excluding steroid dienone is 4. The van der Waals surface area contributed by atoms with Crippen molar-refractivity contribution in [3.05, 3.63) is 53.1 Å². The van der Waals surface area contributed by atoms with E-state index in [1.165, 1.54) is 5.57 Å². The number of phenolic OH excluding ortho intramolecular Hbond substituents is 1. The molecule has 0 aromatic heterocycles. The summed E-state index contributed by atoms with van der Waals surface area (Å²) in [7, 11) is 0. The summed E-state index contributed by atoms with van der Waals surface area (Å²) in [4.78, 5) is 20.7. The third-order valence-electron chi connectivity index (χ3n) is 3.15. The van der Waals surface area contributed by atoms with Crippen LogP contribution < -0.4 is 0 Å². The van der Waals surface area contributed by atoms with E-state index in [0.29, 0.717) is 6.42 Å². The summed E-state index contributed by atoms with van der Waals surface area (Å²) in [5.41, 5.74) is 3.57. The highest BCUT2D eigenvalue weighted by atomic mass is 16.3. The van der Waals surface area contributed by atoms with E-state index in [1.807, 2.05) is 19.1 Å². The molecule has 0 bridgehead atoms. The molecular weight excluding hydrogens is 288 g/mol. The molecule has 0 aliphatic rings. The molecular formula is C20H28O3. The minimum absolute atomic E-state index is 0.197. The minimum Gasteiger partial charge on any atom is -0.508 e. The molecule has 23 heavy (non-hydrogen) atoms. The third-order valence-corrected chi connectivity index (χ3v) is 3.15. The normalized spacial score (nSPS) is 10.3. The Labute approximate surface area is 139 Å². The van der Waals surface area contributed by atoms with Gasteiger partial charge in [-0.2, -0.15) is 0 Å². The van der Waals surface area contributed by atoms with Gasteiger partial charge >= 0.3 is 0 Å². The van der Waals surface area contributed by atoms with Gasteiger partial charge in [-0.05, 0) is 70.7 Å². The summed E-state index contributed by atoms with van der Waals surface area (Å²) < 4.78 is 0. The molecule has 1 aromatic carbocycles. The van der Waals surface area contributed by atoms with Crippen molar-refractivity contribution < 1.29 is 14.7 Å². The Morgan fingerprint density at radius 3 is 2.13 bits per heavy atom. The second kappa shape index (κ2) is 12.4. The first kappa shape index (κ1) is 20.8. The summed E-state index contributed by atoms with van der Waals surface area (Å²) in [5.74, 6) is 0.463. The molecule has 0 amide bonds. The van der Waals surface area contributed by atoms with Gasteiger partial charge in [0.2, 0.25) is 0 Å². The van der Waals surface area contributed by atoms with Crippen molar-refractivity contribution in [1.29, 1.82) is 0 Å². The number of carbonyl (C=O) groups excluding carboxylic acids is 2. The number of phenols is 1. The number of aldehydes is 1. The molecule has 0 radical (unpaired) electrons. The van der Waals surface area contributed by atoms with Gasteiger partial charge in [-0.25, -0.2) is 0 Å². The fourth-order valence-corrected chi connectivity index (χ4v) is 1.77. The average molecular weight is 316 g/mol. The molecule has 0 spiro atoms. The van der Waals surface area contributed by atoms with Crippen LogP contribution in [0.25, 0.3) is 0 Å². The number of aryl methyl sites for hydroxylation is 1. The van der Waals surface area contributed by atoms with Crippen LogP contribution in [0.1, 0.15) is 52.5 Å². The van der Waals surface area contributed by atoms with E-state index in [0.717, 1.165) is 36.7 Å². The van der Waals surface area contributed by atoms with Crippen LogP contribution in [0.15, 0.2) is 47.6 Å². The monoisotopic (exact) mass is 316 g/mol. The van der Waals surface area contributed by atoms with Crippen LogP contribution in [0.5, 0.6) is 5.75 Å². The Morgan fingerprint density at radius 2 is 1.65 bits per heavy atom. The maximum atomic E-state index is 10.6. The van der Waals surface area contributed by atoms with Crippen molar-refractivity contribution in [3.8, 4) is 5.75 Å². The quantitative estimate of drug-likeness (QED) is 0.447. The minimum atomic E-state index is 0.197. The van der Waals surface area contributed by atoms with E-state index in [-0.39, 0.29) is 11.5 Å². The summed E-state index contributed by atoms with van der Waals surface area (Å²) in [6, 6.07) is 6.93. The van der Waals surface area contributed by atoms with Crippen molar-refractivity contribution in [3.63, 3.8) is 0 Å². The van der Waals surface area contributed by atoms with Crippen LogP contribution in [0.2, 0.25) is 0 Å². The average Bonchev–Trinajstić information content (AvgIpc) is 2.47. The lowest BCUT2D eigenvalue weighted by molar-refractivity contribution is -0.117. The number of ketones is 1. The molecule has 0 saturated carbocycles. The Kier molecular flexibility index (Phi) is 11.2. The first-order chi connectivity index (χ1) is 10.8. The lowest BCUT2D eigenvalue weighted by Gasteiger charge is -1.98. The van der Waals surface area contributed by atoms with E-state index < -0.39 is 0 Å². The van der Waals surface area contributed by atoms with Gasteiger partial charge in [0, 0.05) is 6.42 Å². The molecule has 0 saturated heterocycles. The van der Waals surface area contributed by atoms with Crippen molar-refractivity contribution >= 4 is 12.1 Å². The molecule has 1 rings (SSSR count). The molecule has 0 aliphatic heterocycles. The van der Waals surface area contributed by atoms with Gasteiger partial charge in [-0.15, -0.1) is 0 Å². The zero-order chi connectivity index (χ0) is 17.7. The third kappa shape index (κ3) is 13.2. The van der Waals surface area contributed by atoms with Gasteiger partial charge in [0.05, 0.1) is 0 Å². The predicted octanol–water partition coefficient (Wildman–Crippen LogP) is 4.79. The highest BCUT2D eigenvalue weighted by Gasteiger charge is 1.96. The SMILES string of the molecule is CC(=O)CCc1ccc(O)cc1.CC(C)=CCC/C(C)=C/C=O. The van der Waals surface area contributed by atoms with Crippen LogP contribution in [-0.4, -0.2) is 17.2 Å². The fourth-order valence-electron chi connectivity index (χ4n) is 1.77. The van der Waals surface area contributed by atoms with Crippen LogP contribution >= 0.6 is 0 Å². The molecule has 126 valence electrons. The summed E-state index contributed by atoms with van der Waals surface area (Å²) >= 11 is 0. The first-order valence-electron chi connectivity index (χ1n) is 7.86. The number of aromatic hydroxyl groups is 1. The zero-order valence-corrected chi connectivity index (χ0v) is 14.6. The number of benzene rings is 1. The Hall–Kier alpha value is -2.16. The van der Waals surface area contributed by atoms with E-state index in [4.69, 9.17) is 5.11 Å². The van der Waals surface area contributed by atoms with Crippen LogP contribution in [0.3, 0.4) is 0 Å². The molecule has 1 N–H and O–H groups in total. The number of hydrogen-bond donors (Lipinski definition) is 1. The van der Waals surface area contributed by atoms with E-state index in [1.54, 1.807) is 25.1 Å². The van der Waals surface area contributed by atoms with Gasteiger partial charge in [0.1, 0.15) is 17.8 Å². The number of carbonyl (C=O) groups is 2. The first-order valence-corrected chi connectivity index (χ1v) is 7.86. The number of rotatable bonds is 7. The smallest absolute Gasteiger partial charge is 0.142 e. The van der Waals surface area contributed by atoms with Crippen LogP contribution in [0, 0.1) is 0 Å². The van der Waals surface area contributed by atoms with Gasteiger partial charge in [0.25, 0.3) is 0 Å². The molecule has 0 heterocycles. The molecule has 1 aromatic rings. The summed E-state index contributed by atoms with van der Waals surface area (Å²) in [5, 5.41) is 8.97. The highest BCUT2D eigenvalue weighted by Crippen LogP contribution is 2.11.